The number of benzene rings is 3. The number of nitrogens with two attached hydrogens (primary N) is 1. The van der Waals surface area contributed by atoms with E-state index in [1.165, 1.54) is 42.2 Å². The van der Waals surface area contributed by atoms with Crippen molar-refractivity contribution in [1.82, 2.24) is 74.1 Å². The van der Waals surface area contributed by atoms with Crippen LogP contribution in [0.1, 0.15) is 121 Å². The Morgan fingerprint density at radius 3 is 1.15 bits per heavy atom. The standard InChI is InChI=1S/C76H101N15O28S/c1-38(2)30-45(77)66(109)83-48(19-24-59(96)97)70(113)85-50(21-26-61(100)101)72(115)87-51(22-27-62(102)103)73(116)86-49(20-25-60(98)99)71(114)84-47(18-23-58(94)95)69(112)81-39(3)65(108)89-53(32-41-14-16-43(92)17-15-41)67(110)79-36-57(93)82-55(33-42-35-78-46-13-9-8-12-44(42)46)75(118)88-52(28-29-120-4)74(117)91-56(34-63(104)105)76(119)90-54(68(111)80-37-64(106)107)31-40-10-6-5-7-11-40/h5-17,35,38-39,45,47-56,78,92H,18-34,36-37,77H2,1-4H3,(H,79,110)(H,80,111)(H,81,112)(H,82,93)(H,83,109)(H,84,114)(H,85,113)(H,86,116)(H,87,115)(H,88,118)(H,89,108)(H,90,119)(H,91,117)(H,94,95)(H,96,97)(H,98,99)(H,100,101)(H,102,103)(H,104,105)(H,106,107). The number of para-hydroxylation sites is 1. The number of aliphatic carboxylic acids is 7. The third-order valence-corrected chi connectivity index (χ3v) is 18.6. The number of amides is 13. The zero-order chi connectivity index (χ0) is 89.5. The zero-order valence-corrected chi connectivity index (χ0v) is 66.6. The maximum atomic E-state index is 14.7. The van der Waals surface area contributed by atoms with Crippen LogP contribution in [0.25, 0.3) is 10.9 Å². The molecule has 24 N–H and O–H groups in total. The average Bonchev–Trinajstić information content (AvgIpc) is 1.65. The summed E-state index contributed by atoms with van der Waals surface area (Å²) in [5, 5.41) is 108. The molecule has 0 fully saturated rings. The van der Waals surface area contributed by atoms with Gasteiger partial charge in [-0.05, 0) is 105 Å². The number of carbonyl (C=O) groups is 20. The van der Waals surface area contributed by atoms with Crippen molar-refractivity contribution < 1.29 is 137 Å². The molecule has 0 aliphatic carbocycles. The minimum absolute atomic E-state index is 0.115. The molecule has 13 amide bonds. The number of hydrogen-bond donors (Lipinski definition) is 23. The van der Waals surface area contributed by atoms with Gasteiger partial charge < -0.3 is 121 Å². The quantitative estimate of drug-likeness (QED) is 0.0204. The molecule has 4 rings (SSSR count). The minimum atomic E-state index is -2.05. The first-order valence-corrected chi connectivity index (χ1v) is 39.0. The van der Waals surface area contributed by atoms with Gasteiger partial charge >= 0.3 is 41.8 Å². The Hall–Kier alpha value is -13.3. The molecule has 0 radical (unpaired) electrons. The number of carbonyl (C=O) groups excluding carboxylic acids is 13. The summed E-state index contributed by atoms with van der Waals surface area (Å²) in [7, 11) is 0. The fourth-order valence-corrected chi connectivity index (χ4v) is 12.2. The molecule has 43 nitrogen and oxygen atoms in total. The zero-order valence-electron chi connectivity index (χ0n) is 65.8. The van der Waals surface area contributed by atoms with Crippen LogP contribution >= 0.6 is 11.8 Å². The van der Waals surface area contributed by atoms with Crippen LogP contribution in [0.5, 0.6) is 5.75 Å². The molecule has 3 aromatic carbocycles. The van der Waals surface area contributed by atoms with E-state index in [4.69, 9.17) is 5.73 Å². The summed E-state index contributed by atoms with van der Waals surface area (Å²) in [6.07, 6.45) is -6.88. The molecule has 654 valence electrons. The predicted molar refractivity (Wildman–Crippen MR) is 422 cm³/mol. The Morgan fingerprint density at radius 1 is 0.367 bits per heavy atom. The van der Waals surface area contributed by atoms with Crippen LogP contribution in [0.4, 0.5) is 0 Å². The van der Waals surface area contributed by atoms with Gasteiger partial charge in [-0.2, -0.15) is 11.8 Å². The molecular weight excluding hydrogens is 1600 g/mol. The predicted octanol–water partition coefficient (Wildman–Crippen LogP) is -3.50. The molecule has 0 aliphatic heterocycles. The molecule has 0 bridgehead atoms. The number of carboxylic acid groups (broad SMARTS) is 7. The second-order valence-electron chi connectivity index (χ2n) is 28.1. The number of phenols is 1. The number of H-pyrrole nitrogens is 1. The Kier molecular flexibility index (Phi) is 41.6. The number of rotatable bonds is 55. The number of aromatic nitrogens is 1. The number of thioether (sulfide) groups is 1. The van der Waals surface area contributed by atoms with E-state index in [2.05, 4.69) is 74.1 Å². The SMILES string of the molecule is CSCCC(NC(=O)C(Cc1c[nH]c2ccccc12)NC(=O)CNC(=O)C(Cc1ccc(O)cc1)NC(=O)C(C)NC(=O)C(CCC(=O)O)NC(=O)C(CCC(=O)O)NC(=O)C(CCC(=O)O)NC(=O)C(CCC(=O)O)NC(=O)C(CCC(=O)O)NC(=O)C(N)CC(C)C)C(=O)NC(CC(=O)O)C(=O)NC(Cc1ccccc1)C(=O)NCC(=O)O. The van der Waals surface area contributed by atoms with Crippen molar-refractivity contribution >= 4 is 141 Å². The van der Waals surface area contributed by atoms with E-state index in [0.717, 1.165) is 6.92 Å². The summed E-state index contributed by atoms with van der Waals surface area (Å²) in [6, 6.07) is -0.763. The number of hydrogen-bond acceptors (Lipinski definition) is 23. The molecule has 1 aromatic heterocycles. The van der Waals surface area contributed by atoms with E-state index in [1.807, 2.05) is 0 Å². The Balaban J connectivity index is 1.60. The molecule has 120 heavy (non-hydrogen) atoms. The van der Waals surface area contributed by atoms with Crippen molar-refractivity contribution in [1.29, 1.82) is 0 Å². The van der Waals surface area contributed by atoms with Gasteiger partial charge in [-0.3, -0.25) is 95.9 Å². The minimum Gasteiger partial charge on any atom is -0.508 e. The molecule has 1 heterocycles. The molecular formula is C76H101N15O28S. The van der Waals surface area contributed by atoms with Gasteiger partial charge in [0.15, 0.2) is 0 Å². The van der Waals surface area contributed by atoms with E-state index in [1.54, 1.807) is 74.7 Å². The molecule has 0 saturated carbocycles. The summed E-state index contributed by atoms with van der Waals surface area (Å²) in [6.45, 7) is 2.75. The van der Waals surface area contributed by atoms with Gasteiger partial charge in [-0.25, -0.2) is 0 Å². The van der Waals surface area contributed by atoms with Crippen LogP contribution in [-0.2, 0) is 115 Å². The van der Waals surface area contributed by atoms with Crippen molar-refractivity contribution in [2.45, 2.75) is 196 Å². The van der Waals surface area contributed by atoms with E-state index < -0.39 is 281 Å². The maximum Gasteiger partial charge on any atom is 0.322 e. The summed E-state index contributed by atoms with van der Waals surface area (Å²) >= 11 is 1.22. The highest BCUT2D eigenvalue weighted by Gasteiger charge is 2.38. The highest BCUT2D eigenvalue weighted by Crippen LogP contribution is 2.21. The van der Waals surface area contributed by atoms with E-state index in [0.29, 0.717) is 22.0 Å². The normalized spacial score (nSPS) is 14.0. The molecule has 0 saturated heterocycles. The van der Waals surface area contributed by atoms with Gasteiger partial charge in [0.25, 0.3) is 0 Å². The number of aromatic hydroxyl groups is 1. The fourth-order valence-electron chi connectivity index (χ4n) is 11.7. The van der Waals surface area contributed by atoms with E-state index in [9.17, 15) is 137 Å². The van der Waals surface area contributed by atoms with Crippen LogP contribution in [0.3, 0.4) is 0 Å². The van der Waals surface area contributed by atoms with Gasteiger partial charge in [0.05, 0.1) is 19.0 Å². The van der Waals surface area contributed by atoms with E-state index >= 15 is 0 Å². The van der Waals surface area contributed by atoms with Crippen molar-refractivity contribution in [3.63, 3.8) is 0 Å². The topological polar surface area (TPSA) is 701 Å². The highest BCUT2D eigenvalue weighted by atomic mass is 32.2. The van der Waals surface area contributed by atoms with Gasteiger partial charge in [0.1, 0.15) is 78.8 Å². The highest BCUT2D eigenvalue weighted by molar-refractivity contribution is 7.98. The first-order valence-electron chi connectivity index (χ1n) is 37.7. The second kappa shape index (κ2) is 50.4. The molecule has 12 atom stereocenters. The van der Waals surface area contributed by atoms with Crippen LogP contribution in [0, 0.1) is 5.92 Å². The van der Waals surface area contributed by atoms with Crippen molar-refractivity contribution in [3.05, 3.63) is 102 Å². The average molecular weight is 1700 g/mol. The molecule has 44 heteroatoms. The molecule has 12 unspecified atom stereocenters. The monoisotopic (exact) mass is 1700 g/mol. The number of aromatic amines is 1. The lowest BCUT2D eigenvalue weighted by atomic mass is 10.0. The number of nitrogens with one attached hydrogen (secondary N) is 14. The van der Waals surface area contributed by atoms with Gasteiger partial charge in [-0.15, -0.1) is 0 Å². The molecule has 0 aliphatic rings. The van der Waals surface area contributed by atoms with Gasteiger partial charge in [-0.1, -0.05) is 74.5 Å². The Bertz CT molecular complexity index is 4320. The summed E-state index contributed by atoms with van der Waals surface area (Å²) in [4.78, 5) is 268. The largest absolute Gasteiger partial charge is 0.508 e. The van der Waals surface area contributed by atoms with Crippen molar-refractivity contribution in [2.24, 2.45) is 11.7 Å². The number of carboxylic acids is 7. The lowest BCUT2D eigenvalue weighted by molar-refractivity contribution is -0.142. The summed E-state index contributed by atoms with van der Waals surface area (Å²) < 4.78 is 0. The van der Waals surface area contributed by atoms with Crippen molar-refractivity contribution in [2.75, 3.05) is 25.1 Å². The summed E-state index contributed by atoms with van der Waals surface area (Å²) in [5.41, 5.74) is 7.80. The summed E-state index contributed by atoms with van der Waals surface area (Å²) in [5.74, 6) is -26.0. The number of fused-ring (bicyclic) bond motifs is 1. The van der Waals surface area contributed by atoms with Crippen LogP contribution in [-0.4, -0.2) is 262 Å². The van der Waals surface area contributed by atoms with Crippen LogP contribution < -0.4 is 74.9 Å². The van der Waals surface area contributed by atoms with E-state index in [-0.39, 0.29) is 48.7 Å². The fraction of sp³-hybridized carbons (Fsp3) is 0.474. The smallest absolute Gasteiger partial charge is 0.322 e. The molecule has 4 aromatic rings. The van der Waals surface area contributed by atoms with Crippen LogP contribution in [0.2, 0.25) is 0 Å². The number of phenolic OH excluding ortho intramolecular Hbond substituents is 1. The Labute approximate surface area is 689 Å². The van der Waals surface area contributed by atoms with Gasteiger partial charge in [0, 0.05) is 68.5 Å². The van der Waals surface area contributed by atoms with Crippen molar-refractivity contribution in [3.8, 4) is 5.75 Å². The first kappa shape index (κ1) is 99.1. The lowest BCUT2D eigenvalue weighted by Crippen LogP contribution is -2.60. The van der Waals surface area contributed by atoms with Gasteiger partial charge in [0.2, 0.25) is 76.8 Å². The molecule has 0 spiro atoms. The third-order valence-electron chi connectivity index (χ3n) is 18.0. The Morgan fingerprint density at radius 2 is 0.725 bits per heavy atom. The second-order valence-corrected chi connectivity index (χ2v) is 29.1. The lowest BCUT2D eigenvalue weighted by Gasteiger charge is -2.27. The van der Waals surface area contributed by atoms with Crippen LogP contribution in [0.15, 0.2) is 85.1 Å². The maximum absolute atomic E-state index is 14.7. The first-order chi connectivity index (χ1) is 56.6. The third kappa shape index (κ3) is 36.5.